The van der Waals surface area contributed by atoms with E-state index in [0.717, 1.165) is 12.1 Å². The zero-order valence-corrected chi connectivity index (χ0v) is 8.29. The third kappa shape index (κ3) is 2.78. The number of phenolic OH excluding ortho intramolecular Hbond substituents is 1. The second-order valence-corrected chi connectivity index (χ2v) is 2.91. The van der Waals surface area contributed by atoms with Crippen LogP contribution < -0.4 is 10.1 Å². The topological polar surface area (TPSA) is 41.5 Å². The summed E-state index contributed by atoms with van der Waals surface area (Å²) in [6.07, 6.45) is 1.78. The van der Waals surface area contributed by atoms with Crippen LogP contribution in [0.2, 0.25) is 0 Å². The van der Waals surface area contributed by atoms with Gasteiger partial charge in [-0.25, -0.2) is 0 Å². The first-order chi connectivity index (χ1) is 6.77. The molecule has 1 aromatic rings. The fourth-order valence-corrected chi connectivity index (χ4v) is 1.13. The fraction of sp³-hybridized carbons (Fsp3) is 0.273. The first-order valence-corrected chi connectivity index (χ1v) is 4.45. The van der Waals surface area contributed by atoms with Crippen molar-refractivity contribution in [1.82, 2.24) is 5.32 Å². The molecule has 1 aromatic carbocycles. The van der Waals surface area contributed by atoms with Crippen molar-refractivity contribution >= 4 is 0 Å². The van der Waals surface area contributed by atoms with Gasteiger partial charge in [0.05, 0.1) is 7.11 Å². The molecule has 0 aliphatic carbocycles. The first-order valence-electron chi connectivity index (χ1n) is 4.45. The Labute approximate surface area is 84.0 Å². The van der Waals surface area contributed by atoms with E-state index in [2.05, 4.69) is 11.9 Å². The van der Waals surface area contributed by atoms with Crippen LogP contribution in [0.15, 0.2) is 30.9 Å². The summed E-state index contributed by atoms with van der Waals surface area (Å²) in [5.41, 5.74) is 0.854. The van der Waals surface area contributed by atoms with E-state index in [0.29, 0.717) is 12.3 Å². The lowest BCUT2D eigenvalue weighted by Gasteiger charge is -2.06. The van der Waals surface area contributed by atoms with E-state index in [1.54, 1.807) is 19.3 Å². The van der Waals surface area contributed by atoms with E-state index < -0.39 is 0 Å². The van der Waals surface area contributed by atoms with Crippen LogP contribution in [0, 0.1) is 0 Å². The number of aromatic hydroxyl groups is 1. The molecular formula is C11H15NO2. The average molecular weight is 193 g/mol. The zero-order valence-electron chi connectivity index (χ0n) is 8.29. The Morgan fingerprint density at radius 1 is 1.57 bits per heavy atom. The van der Waals surface area contributed by atoms with Crippen LogP contribution in [0.1, 0.15) is 5.56 Å². The standard InChI is InChI=1S/C11H15NO2/c1-3-6-12-8-9-4-5-10(14-2)7-11(9)13/h3-5,7,12-13H,1,6,8H2,2H3. The summed E-state index contributed by atoms with van der Waals surface area (Å²) in [6.45, 7) is 4.95. The summed E-state index contributed by atoms with van der Waals surface area (Å²) >= 11 is 0. The van der Waals surface area contributed by atoms with Crippen molar-refractivity contribution in [2.45, 2.75) is 6.54 Å². The van der Waals surface area contributed by atoms with E-state index in [1.807, 2.05) is 12.1 Å². The van der Waals surface area contributed by atoms with Crippen LogP contribution in [0.3, 0.4) is 0 Å². The van der Waals surface area contributed by atoms with Gasteiger partial charge >= 0.3 is 0 Å². The number of benzene rings is 1. The number of hydrogen-bond donors (Lipinski definition) is 2. The van der Waals surface area contributed by atoms with Gasteiger partial charge in [0.15, 0.2) is 0 Å². The number of ether oxygens (including phenoxy) is 1. The largest absolute Gasteiger partial charge is 0.507 e. The highest BCUT2D eigenvalue weighted by atomic mass is 16.5. The van der Waals surface area contributed by atoms with Crippen molar-refractivity contribution in [3.05, 3.63) is 36.4 Å². The van der Waals surface area contributed by atoms with Crippen LogP contribution in [0.4, 0.5) is 0 Å². The predicted octanol–water partition coefficient (Wildman–Crippen LogP) is 1.68. The summed E-state index contributed by atoms with van der Waals surface area (Å²) in [5.74, 6) is 0.913. The zero-order chi connectivity index (χ0) is 10.4. The predicted molar refractivity (Wildman–Crippen MR) is 56.6 cm³/mol. The van der Waals surface area contributed by atoms with Gasteiger partial charge in [0, 0.05) is 24.7 Å². The molecule has 0 atom stereocenters. The highest BCUT2D eigenvalue weighted by molar-refractivity contribution is 5.39. The smallest absolute Gasteiger partial charge is 0.123 e. The third-order valence-corrected chi connectivity index (χ3v) is 1.90. The Balaban J connectivity index is 2.63. The molecule has 2 N–H and O–H groups in total. The number of nitrogens with one attached hydrogen (secondary N) is 1. The molecule has 3 heteroatoms. The molecule has 0 fully saturated rings. The van der Waals surface area contributed by atoms with Crippen LogP contribution in [0.5, 0.6) is 11.5 Å². The normalized spacial score (nSPS) is 9.79. The number of rotatable bonds is 5. The minimum Gasteiger partial charge on any atom is -0.507 e. The van der Waals surface area contributed by atoms with Crippen LogP contribution in [-0.2, 0) is 6.54 Å². The number of methoxy groups -OCH3 is 1. The maximum Gasteiger partial charge on any atom is 0.123 e. The lowest BCUT2D eigenvalue weighted by molar-refractivity contribution is 0.406. The molecule has 0 heterocycles. The molecule has 3 nitrogen and oxygen atoms in total. The van der Waals surface area contributed by atoms with Crippen molar-refractivity contribution in [3.63, 3.8) is 0 Å². The average Bonchev–Trinajstić information content (AvgIpc) is 2.20. The number of hydrogen-bond acceptors (Lipinski definition) is 3. The summed E-state index contributed by atoms with van der Waals surface area (Å²) < 4.78 is 4.98. The van der Waals surface area contributed by atoms with Crippen molar-refractivity contribution in [3.8, 4) is 11.5 Å². The van der Waals surface area contributed by atoms with Crippen molar-refractivity contribution < 1.29 is 9.84 Å². The minimum atomic E-state index is 0.251. The molecule has 76 valence electrons. The lowest BCUT2D eigenvalue weighted by Crippen LogP contribution is -2.12. The SMILES string of the molecule is C=CCNCc1ccc(OC)cc1O. The Morgan fingerprint density at radius 3 is 2.93 bits per heavy atom. The van der Waals surface area contributed by atoms with Gasteiger partial charge in [-0.1, -0.05) is 12.1 Å². The maximum atomic E-state index is 9.58. The molecule has 0 aliphatic rings. The van der Waals surface area contributed by atoms with E-state index in [1.165, 1.54) is 0 Å². The molecule has 0 aromatic heterocycles. The molecular weight excluding hydrogens is 178 g/mol. The quantitative estimate of drug-likeness (QED) is 0.552. The fourth-order valence-electron chi connectivity index (χ4n) is 1.13. The molecule has 0 bridgehead atoms. The van der Waals surface area contributed by atoms with Gasteiger partial charge in [-0.15, -0.1) is 6.58 Å². The van der Waals surface area contributed by atoms with Gasteiger partial charge < -0.3 is 15.2 Å². The van der Waals surface area contributed by atoms with Crippen molar-refractivity contribution in [2.75, 3.05) is 13.7 Å². The molecule has 0 amide bonds. The third-order valence-electron chi connectivity index (χ3n) is 1.90. The van der Waals surface area contributed by atoms with Gasteiger partial charge in [0.25, 0.3) is 0 Å². The number of phenols is 1. The van der Waals surface area contributed by atoms with E-state index in [9.17, 15) is 5.11 Å². The van der Waals surface area contributed by atoms with Gasteiger partial charge in [0.1, 0.15) is 11.5 Å². The van der Waals surface area contributed by atoms with Gasteiger partial charge in [-0.3, -0.25) is 0 Å². The molecule has 0 spiro atoms. The van der Waals surface area contributed by atoms with Gasteiger partial charge in [-0.05, 0) is 6.07 Å². The van der Waals surface area contributed by atoms with E-state index >= 15 is 0 Å². The highest BCUT2D eigenvalue weighted by Gasteiger charge is 2.01. The Morgan fingerprint density at radius 2 is 2.36 bits per heavy atom. The molecule has 0 aliphatic heterocycles. The van der Waals surface area contributed by atoms with E-state index in [4.69, 9.17) is 4.74 Å². The molecule has 14 heavy (non-hydrogen) atoms. The Bertz CT molecular complexity index is 310. The molecule has 0 saturated heterocycles. The molecule has 1 rings (SSSR count). The lowest BCUT2D eigenvalue weighted by atomic mass is 10.2. The van der Waals surface area contributed by atoms with Crippen molar-refractivity contribution in [1.29, 1.82) is 0 Å². The summed E-state index contributed by atoms with van der Waals surface area (Å²) in [7, 11) is 1.57. The second-order valence-electron chi connectivity index (χ2n) is 2.91. The van der Waals surface area contributed by atoms with Crippen LogP contribution in [-0.4, -0.2) is 18.8 Å². The summed E-state index contributed by atoms with van der Waals surface area (Å²) in [5, 5.41) is 12.7. The molecule has 0 unspecified atom stereocenters. The van der Waals surface area contributed by atoms with Gasteiger partial charge in [-0.2, -0.15) is 0 Å². The summed E-state index contributed by atoms with van der Waals surface area (Å²) in [6, 6.07) is 5.26. The Kier molecular flexibility index (Phi) is 4.01. The molecule has 0 radical (unpaired) electrons. The van der Waals surface area contributed by atoms with Crippen molar-refractivity contribution in [2.24, 2.45) is 0 Å². The Hall–Kier alpha value is -1.48. The second kappa shape index (κ2) is 5.29. The van der Waals surface area contributed by atoms with E-state index in [-0.39, 0.29) is 5.75 Å². The highest BCUT2D eigenvalue weighted by Crippen LogP contribution is 2.22. The summed E-state index contributed by atoms with van der Waals surface area (Å²) in [4.78, 5) is 0. The maximum absolute atomic E-state index is 9.58. The monoisotopic (exact) mass is 193 g/mol. The van der Waals surface area contributed by atoms with Gasteiger partial charge in [0.2, 0.25) is 0 Å². The van der Waals surface area contributed by atoms with Crippen LogP contribution in [0.25, 0.3) is 0 Å². The molecule has 0 saturated carbocycles. The van der Waals surface area contributed by atoms with Crippen LogP contribution >= 0.6 is 0 Å². The minimum absolute atomic E-state index is 0.251. The first kappa shape index (κ1) is 10.6.